The van der Waals surface area contributed by atoms with Crippen LogP contribution in [0.3, 0.4) is 0 Å². The Morgan fingerprint density at radius 3 is 1.85 bits per heavy atom. The Morgan fingerprint density at radius 2 is 1.28 bits per heavy atom. The van der Waals surface area contributed by atoms with Crippen molar-refractivity contribution in [2.75, 3.05) is 11.1 Å². The van der Waals surface area contributed by atoms with Crippen molar-refractivity contribution in [3.63, 3.8) is 0 Å². The summed E-state index contributed by atoms with van der Waals surface area (Å²) in [5.41, 5.74) is 5.36. The van der Waals surface area contributed by atoms with E-state index in [-0.39, 0.29) is 5.91 Å². The lowest BCUT2D eigenvalue weighted by atomic mass is 9.92. The van der Waals surface area contributed by atoms with Gasteiger partial charge in [0.2, 0.25) is 5.91 Å². The van der Waals surface area contributed by atoms with Crippen LogP contribution in [0.25, 0.3) is 11.1 Å². The van der Waals surface area contributed by atoms with Crippen LogP contribution in [0, 0.1) is 0 Å². The molecule has 0 fully saturated rings. The number of carbonyl (C=O) groups is 1. The number of para-hydroxylation sites is 3. The number of amides is 1. The summed E-state index contributed by atoms with van der Waals surface area (Å²) in [6.07, 6.45) is 15.9. The van der Waals surface area contributed by atoms with E-state index < -0.39 is 0 Å². The van der Waals surface area contributed by atoms with Crippen molar-refractivity contribution < 1.29 is 9.21 Å². The van der Waals surface area contributed by atoms with Gasteiger partial charge < -0.3 is 9.73 Å². The summed E-state index contributed by atoms with van der Waals surface area (Å²) in [7, 11) is 0. The van der Waals surface area contributed by atoms with Gasteiger partial charge in [0.1, 0.15) is 5.52 Å². The number of hydrogen-bond donors (Lipinski definition) is 1. The smallest absolute Gasteiger partial charge is 0.256 e. The summed E-state index contributed by atoms with van der Waals surface area (Å²) < 4.78 is 5.77. The molecular weight excluding hydrogens is 500 g/mol. The van der Waals surface area contributed by atoms with E-state index in [1.807, 2.05) is 24.3 Å². The lowest BCUT2D eigenvalue weighted by molar-refractivity contribution is -0.116. The number of nitrogens with zero attached hydrogens (tertiary/aromatic N) is 1. The van der Waals surface area contributed by atoms with Crippen LogP contribution in [-0.2, 0) is 4.79 Å². The van der Waals surface area contributed by atoms with Crippen molar-refractivity contribution in [2.45, 2.75) is 128 Å². The SMILES string of the molecule is CC(C)c1cccc(C(C)C)c1NC(=O)CCCCCCCCCCCCCCSc1nc2ccccc2o1. The quantitative estimate of drug-likeness (QED) is 0.119. The number of benzene rings is 2. The molecule has 0 bridgehead atoms. The highest BCUT2D eigenvalue weighted by atomic mass is 32.2. The van der Waals surface area contributed by atoms with Gasteiger partial charge in [-0.15, -0.1) is 0 Å². The average Bonchev–Trinajstić information content (AvgIpc) is 3.33. The predicted molar refractivity (Wildman–Crippen MR) is 168 cm³/mol. The number of anilines is 1. The fraction of sp³-hybridized carbons (Fsp3) is 0.588. The van der Waals surface area contributed by atoms with Gasteiger partial charge in [-0.2, -0.15) is 0 Å². The van der Waals surface area contributed by atoms with E-state index in [0.717, 1.165) is 40.6 Å². The second-order valence-electron chi connectivity index (χ2n) is 11.5. The van der Waals surface area contributed by atoms with Crippen molar-refractivity contribution in [3.8, 4) is 0 Å². The molecule has 0 spiro atoms. The third-order valence-corrected chi connectivity index (χ3v) is 8.35. The molecule has 1 N–H and O–H groups in total. The summed E-state index contributed by atoms with van der Waals surface area (Å²) in [4.78, 5) is 17.2. The number of rotatable bonds is 19. The van der Waals surface area contributed by atoms with E-state index in [1.165, 1.54) is 75.3 Å². The second kappa shape index (κ2) is 17.4. The fourth-order valence-corrected chi connectivity index (χ4v) is 5.96. The molecule has 1 heterocycles. The first-order chi connectivity index (χ1) is 19.0. The third-order valence-electron chi connectivity index (χ3n) is 7.44. The number of hydrogen-bond acceptors (Lipinski definition) is 4. The Balaban J connectivity index is 1.13. The Bertz CT molecular complexity index is 1060. The normalized spacial score (nSPS) is 11.6. The van der Waals surface area contributed by atoms with Crippen LogP contribution < -0.4 is 5.32 Å². The van der Waals surface area contributed by atoms with E-state index in [1.54, 1.807) is 11.8 Å². The van der Waals surface area contributed by atoms with Crippen molar-refractivity contribution in [3.05, 3.63) is 53.6 Å². The van der Waals surface area contributed by atoms with Gasteiger partial charge in [-0.1, -0.05) is 134 Å². The van der Waals surface area contributed by atoms with E-state index in [0.29, 0.717) is 18.3 Å². The lowest BCUT2D eigenvalue weighted by Crippen LogP contribution is -2.15. The van der Waals surface area contributed by atoms with Gasteiger partial charge in [-0.05, 0) is 47.9 Å². The van der Waals surface area contributed by atoms with Gasteiger partial charge in [0.15, 0.2) is 5.58 Å². The average molecular weight is 551 g/mol. The van der Waals surface area contributed by atoms with Crippen LogP contribution in [-0.4, -0.2) is 16.6 Å². The number of fused-ring (bicyclic) bond motifs is 1. The van der Waals surface area contributed by atoms with E-state index in [2.05, 4.69) is 56.2 Å². The zero-order valence-electron chi connectivity index (χ0n) is 24.8. The van der Waals surface area contributed by atoms with Gasteiger partial charge in [-0.3, -0.25) is 4.79 Å². The van der Waals surface area contributed by atoms with E-state index >= 15 is 0 Å². The Hall–Kier alpha value is -2.27. The van der Waals surface area contributed by atoms with E-state index in [9.17, 15) is 4.79 Å². The maximum atomic E-state index is 12.7. The van der Waals surface area contributed by atoms with Crippen LogP contribution >= 0.6 is 11.8 Å². The molecular formula is C34H50N2O2S. The molecule has 1 amide bonds. The minimum absolute atomic E-state index is 0.162. The topological polar surface area (TPSA) is 55.1 Å². The number of nitrogens with one attached hydrogen (secondary N) is 1. The molecule has 0 unspecified atom stereocenters. The molecule has 0 aliphatic carbocycles. The summed E-state index contributed by atoms with van der Waals surface area (Å²) in [5.74, 6) is 2.04. The third kappa shape index (κ3) is 11.0. The van der Waals surface area contributed by atoms with Crippen LogP contribution in [0.5, 0.6) is 0 Å². The standard InChI is InChI=1S/C34H50N2O2S/c1-26(2)28-20-19-21-29(27(3)4)33(28)36-32(37)24-15-13-11-9-7-5-6-8-10-12-14-18-25-39-34-35-30-22-16-17-23-31(30)38-34/h16-17,19-23,26-27H,5-15,18,24-25H2,1-4H3,(H,36,37). The number of oxazole rings is 1. The molecule has 39 heavy (non-hydrogen) atoms. The maximum absolute atomic E-state index is 12.7. The minimum Gasteiger partial charge on any atom is -0.431 e. The number of thioether (sulfide) groups is 1. The lowest BCUT2D eigenvalue weighted by Gasteiger charge is -2.20. The minimum atomic E-state index is 0.162. The Morgan fingerprint density at radius 1 is 0.744 bits per heavy atom. The van der Waals surface area contributed by atoms with Crippen molar-refractivity contribution in [1.82, 2.24) is 4.98 Å². The second-order valence-corrected chi connectivity index (χ2v) is 12.5. The molecule has 5 heteroatoms. The van der Waals surface area contributed by atoms with Crippen LogP contribution in [0.4, 0.5) is 5.69 Å². The highest BCUT2D eigenvalue weighted by molar-refractivity contribution is 7.99. The van der Waals surface area contributed by atoms with Crippen molar-refractivity contribution >= 4 is 34.5 Å². The molecule has 3 rings (SSSR count). The molecule has 0 saturated carbocycles. The van der Waals surface area contributed by atoms with Gasteiger partial charge in [-0.25, -0.2) is 4.98 Å². The zero-order valence-corrected chi connectivity index (χ0v) is 25.6. The summed E-state index contributed by atoms with van der Waals surface area (Å²) >= 11 is 1.73. The highest BCUT2D eigenvalue weighted by Crippen LogP contribution is 2.32. The van der Waals surface area contributed by atoms with Crippen molar-refractivity contribution in [1.29, 1.82) is 0 Å². The molecule has 2 aromatic carbocycles. The highest BCUT2D eigenvalue weighted by Gasteiger charge is 2.15. The van der Waals surface area contributed by atoms with Crippen LogP contribution in [0.15, 0.2) is 52.1 Å². The summed E-state index contributed by atoms with van der Waals surface area (Å²) in [5, 5.41) is 4.05. The van der Waals surface area contributed by atoms with E-state index in [4.69, 9.17) is 4.42 Å². The molecule has 1 aromatic heterocycles. The number of aromatic nitrogens is 1. The Labute approximate surface area is 241 Å². The first-order valence-corrected chi connectivity index (χ1v) is 16.3. The Kier molecular flexibility index (Phi) is 14.0. The van der Waals surface area contributed by atoms with Crippen molar-refractivity contribution in [2.24, 2.45) is 0 Å². The molecule has 0 saturated heterocycles. The molecule has 0 aliphatic heterocycles. The van der Waals surface area contributed by atoms with Gasteiger partial charge >= 0.3 is 0 Å². The molecule has 0 aliphatic rings. The van der Waals surface area contributed by atoms with Gasteiger partial charge in [0.25, 0.3) is 5.22 Å². The summed E-state index contributed by atoms with van der Waals surface area (Å²) in [6, 6.07) is 14.4. The number of unbranched alkanes of at least 4 members (excludes halogenated alkanes) is 11. The maximum Gasteiger partial charge on any atom is 0.256 e. The van der Waals surface area contributed by atoms with Gasteiger partial charge in [0.05, 0.1) is 0 Å². The zero-order chi connectivity index (χ0) is 27.9. The fourth-order valence-electron chi connectivity index (χ4n) is 5.12. The number of carbonyl (C=O) groups excluding carboxylic acids is 1. The molecule has 214 valence electrons. The monoisotopic (exact) mass is 550 g/mol. The molecule has 0 atom stereocenters. The van der Waals surface area contributed by atoms with Gasteiger partial charge in [0, 0.05) is 17.9 Å². The predicted octanol–water partition coefficient (Wildman–Crippen LogP) is 10.9. The first-order valence-electron chi connectivity index (χ1n) is 15.4. The van der Waals surface area contributed by atoms with Crippen LogP contribution in [0.2, 0.25) is 0 Å². The largest absolute Gasteiger partial charge is 0.431 e. The summed E-state index contributed by atoms with van der Waals surface area (Å²) in [6.45, 7) is 8.77. The first kappa shape index (κ1) is 31.3. The molecule has 4 nitrogen and oxygen atoms in total. The molecule has 0 radical (unpaired) electrons. The van der Waals surface area contributed by atoms with Crippen LogP contribution in [0.1, 0.15) is 134 Å². The molecule has 3 aromatic rings.